The number of esters is 1. The number of carbonyl (C=O) groups is 1. The van der Waals surface area contributed by atoms with Crippen molar-refractivity contribution in [2.75, 3.05) is 13.2 Å². The van der Waals surface area contributed by atoms with E-state index in [4.69, 9.17) is 9.47 Å². The van der Waals surface area contributed by atoms with E-state index in [-0.39, 0.29) is 18.5 Å². The van der Waals surface area contributed by atoms with Crippen LogP contribution in [-0.2, 0) is 14.3 Å². The van der Waals surface area contributed by atoms with E-state index in [1.807, 2.05) is 6.92 Å². The summed E-state index contributed by atoms with van der Waals surface area (Å²) in [5.41, 5.74) is -0.883. The van der Waals surface area contributed by atoms with Gasteiger partial charge in [-0.05, 0) is 13.8 Å². The standard InChI is InChI=1S/C10H18O4/c1-3-13-8-5-10(12,6-8)7-9(11)14-4-2/h8,12H,3-7H2,1-2H3. The van der Waals surface area contributed by atoms with Crippen LogP contribution in [0.25, 0.3) is 0 Å². The fourth-order valence-corrected chi connectivity index (χ4v) is 1.77. The van der Waals surface area contributed by atoms with E-state index in [1.54, 1.807) is 6.92 Å². The Kier molecular flexibility index (Phi) is 3.89. The monoisotopic (exact) mass is 202 g/mol. The van der Waals surface area contributed by atoms with Crippen molar-refractivity contribution in [3.63, 3.8) is 0 Å². The van der Waals surface area contributed by atoms with Gasteiger partial charge in [0.15, 0.2) is 0 Å². The van der Waals surface area contributed by atoms with Gasteiger partial charge in [-0.25, -0.2) is 0 Å². The van der Waals surface area contributed by atoms with Crippen LogP contribution in [-0.4, -0.2) is 36.0 Å². The molecule has 14 heavy (non-hydrogen) atoms. The van der Waals surface area contributed by atoms with Crippen LogP contribution in [0.4, 0.5) is 0 Å². The Labute approximate surface area is 84.2 Å². The van der Waals surface area contributed by atoms with Gasteiger partial charge in [0.2, 0.25) is 0 Å². The zero-order valence-electron chi connectivity index (χ0n) is 8.78. The Bertz CT molecular complexity index is 196. The van der Waals surface area contributed by atoms with Crippen LogP contribution in [0.2, 0.25) is 0 Å². The normalized spacial score (nSPS) is 30.9. The van der Waals surface area contributed by atoms with Gasteiger partial charge < -0.3 is 14.6 Å². The first-order valence-electron chi connectivity index (χ1n) is 5.09. The van der Waals surface area contributed by atoms with Crippen molar-refractivity contribution in [2.45, 2.75) is 44.8 Å². The maximum absolute atomic E-state index is 11.1. The Balaban J connectivity index is 2.23. The van der Waals surface area contributed by atoms with Crippen molar-refractivity contribution < 1.29 is 19.4 Å². The van der Waals surface area contributed by atoms with Gasteiger partial charge >= 0.3 is 5.97 Å². The fraction of sp³-hybridized carbons (Fsp3) is 0.900. The van der Waals surface area contributed by atoms with Crippen LogP contribution in [0.1, 0.15) is 33.1 Å². The first kappa shape index (κ1) is 11.5. The molecule has 1 fully saturated rings. The molecule has 0 unspecified atom stereocenters. The highest BCUT2D eigenvalue weighted by atomic mass is 16.5. The van der Waals surface area contributed by atoms with Gasteiger partial charge in [-0.15, -0.1) is 0 Å². The van der Waals surface area contributed by atoms with Gasteiger partial charge in [-0.2, -0.15) is 0 Å². The zero-order valence-corrected chi connectivity index (χ0v) is 8.78. The van der Waals surface area contributed by atoms with Gasteiger partial charge in [0.25, 0.3) is 0 Å². The highest BCUT2D eigenvalue weighted by Gasteiger charge is 2.44. The third-order valence-corrected chi connectivity index (χ3v) is 2.40. The lowest BCUT2D eigenvalue weighted by molar-refractivity contribution is -0.167. The molecule has 0 atom stereocenters. The highest BCUT2D eigenvalue weighted by Crippen LogP contribution is 2.37. The van der Waals surface area contributed by atoms with Crippen LogP contribution >= 0.6 is 0 Å². The van der Waals surface area contributed by atoms with E-state index in [0.29, 0.717) is 26.1 Å². The Morgan fingerprint density at radius 2 is 2.07 bits per heavy atom. The molecule has 1 rings (SSSR count). The van der Waals surface area contributed by atoms with Gasteiger partial charge in [-0.3, -0.25) is 4.79 Å². The Morgan fingerprint density at radius 1 is 1.43 bits per heavy atom. The summed E-state index contributed by atoms with van der Waals surface area (Å²) in [5, 5.41) is 9.82. The quantitative estimate of drug-likeness (QED) is 0.672. The topological polar surface area (TPSA) is 55.8 Å². The predicted octanol–water partition coefficient (Wildman–Crippen LogP) is 0.870. The molecule has 1 aliphatic carbocycles. The molecule has 4 nitrogen and oxygen atoms in total. The molecule has 0 bridgehead atoms. The maximum atomic E-state index is 11.1. The van der Waals surface area contributed by atoms with E-state index in [1.165, 1.54) is 0 Å². The van der Waals surface area contributed by atoms with Crippen molar-refractivity contribution in [2.24, 2.45) is 0 Å². The molecule has 0 saturated heterocycles. The van der Waals surface area contributed by atoms with Crippen LogP contribution < -0.4 is 0 Å². The summed E-state index contributed by atoms with van der Waals surface area (Å²) in [6, 6.07) is 0. The summed E-state index contributed by atoms with van der Waals surface area (Å²) in [5.74, 6) is -0.329. The maximum Gasteiger partial charge on any atom is 0.308 e. The summed E-state index contributed by atoms with van der Waals surface area (Å²) in [6.45, 7) is 4.69. The van der Waals surface area contributed by atoms with E-state index < -0.39 is 5.60 Å². The second kappa shape index (κ2) is 4.75. The molecule has 1 saturated carbocycles. The first-order valence-corrected chi connectivity index (χ1v) is 5.09. The molecule has 0 spiro atoms. The SMILES string of the molecule is CCOC(=O)CC1(O)CC(OCC)C1. The van der Waals surface area contributed by atoms with Crippen LogP contribution in [0.15, 0.2) is 0 Å². The number of rotatable bonds is 5. The van der Waals surface area contributed by atoms with Crippen molar-refractivity contribution in [1.29, 1.82) is 0 Å². The van der Waals surface area contributed by atoms with Gasteiger partial charge in [-0.1, -0.05) is 0 Å². The summed E-state index contributed by atoms with van der Waals surface area (Å²) in [4.78, 5) is 11.1. The third kappa shape index (κ3) is 2.96. The van der Waals surface area contributed by atoms with E-state index in [0.717, 1.165) is 0 Å². The summed E-state index contributed by atoms with van der Waals surface area (Å²) in [7, 11) is 0. The second-order valence-electron chi connectivity index (χ2n) is 3.69. The number of aliphatic hydroxyl groups is 1. The number of hydrogen-bond donors (Lipinski definition) is 1. The molecule has 0 aromatic heterocycles. The molecule has 0 amide bonds. The minimum atomic E-state index is -0.883. The number of ether oxygens (including phenoxy) is 2. The summed E-state index contributed by atoms with van der Waals surface area (Å²) < 4.78 is 10.1. The van der Waals surface area contributed by atoms with Crippen LogP contribution in [0.3, 0.4) is 0 Å². The Morgan fingerprint density at radius 3 is 2.57 bits per heavy atom. The number of carbonyl (C=O) groups excluding carboxylic acids is 1. The van der Waals surface area contributed by atoms with Crippen LogP contribution in [0.5, 0.6) is 0 Å². The zero-order chi connectivity index (χ0) is 10.6. The highest BCUT2D eigenvalue weighted by molar-refractivity contribution is 5.70. The van der Waals surface area contributed by atoms with Crippen molar-refractivity contribution in [3.05, 3.63) is 0 Å². The fourth-order valence-electron chi connectivity index (χ4n) is 1.77. The molecule has 0 aromatic carbocycles. The molecular weight excluding hydrogens is 184 g/mol. The third-order valence-electron chi connectivity index (χ3n) is 2.40. The largest absolute Gasteiger partial charge is 0.466 e. The number of hydrogen-bond acceptors (Lipinski definition) is 4. The van der Waals surface area contributed by atoms with E-state index >= 15 is 0 Å². The van der Waals surface area contributed by atoms with E-state index in [9.17, 15) is 9.90 Å². The lowest BCUT2D eigenvalue weighted by atomic mass is 9.75. The van der Waals surface area contributed by atoms with Crippen LogP contribution in [0, 0.1) is 0 Å². The molecule has 82 valence electrons. The van der Waals surface area contributed by atoms with Crippen molar-refractivity contribution in [3.8, 4) is 0 Å². The molecule has 0 heterocycles. The average Bonchev–Trinajstić information content (AvgIpc) is 2.02. The summed E-state index contributed by atoms with van der Waals surface area (Å²) in [6.07, 6.45) is 1.28. The molecular formula is C10H18O4. The Hall–Kier alpha value is -0.610. The predicted molar refractivity (Wildman–Crippen MR) is 50.8 cm³/mol. The van der Waals surface area contributed by atoms with Crippen molar-refractivity contribution in [1.82, 2.24) is 0 Å². The molecule has 0 aliphatic heterocycles. The van der Waals surface area contributed by atoms with Gasteiger partial charge in [0.1, 0.15) is 0 Å². The minimum Gasteiger partial charge on any atom is -0.466 e. The summed E-state index contributed by atoms with van der Waals surface area (Å²) >= 11 is 0. The van der Waals surface area contributed by atoms with Crippen molar-refractivity contribution >= 4 is 5.97 Å². The molecule has 0 aromatic rings. The molecule has 1 aliphatic rings. The second-order valence-corrected chi connectivity index (χ2v) is 3.69. The van der Waals surface area contributed by atoms with E-state index in [2.05, 4.69) is 0 Å². The molecule has 4 heteroatoms. The van der Waals surface area contributed by atoms with Gasteiger partial charge in [0.05, 0.1) is 24.7 Å². The molecule has 1 N–H and O–H groups in total. The first-order chi connectivity index (χ1) is 6.59. The smallest absolute Gasteiger partial charge is 0.308 e. The lowest BCUT2D eigenvalue weighted by Gasteiger charge is -2.42. The minimum absolute atomic E-state index is 0.0877. The lowest BCUT2D eigenvalue weighted by Crippen LogP contribution is -2.49. The average molecular weight is 202 g/mol. The molecule has 0 radical (unpaired) electrons. The van der Waals surface area contributed by atoms with Gasteiger partial charge in [0, 0.05) is 19.4 Å².